The maximum Gasteiger partial charge on any atom is 0.319 e. The third-order valence-electron chi connectivity index (χ3n) is 3.44. The van der Waals surface area contributed by atoms with Crippen LogP contribution in [-0.2, 0) is 0 Å². The number of carbonyl (C=O) groups is 1. The molecule has 1 rings (SSSR count). The van der Waals surface area contributed by atoms with Gasteiger partial charge in [0.15, 0.2) is 0 Å². The van der Waals surface area contributed by atoms with Crippen molar-refractivity contribution in [3.8, 4) is 0 Å². The first-order valence-electron chi connectivity index (χ1n) is 8.03. The number of hydrogen-bond donors (Lipinski definition) is 2. The predicted molar refractivity (Wildman–Crippen MR) is 86.0 cm³/mol. The summed E-state index contributed by atoms with van der Waals surface area (Å²) in [4.78, 5) is 11.6. The highest BCUT2D eigenvalue weighted by Crippen LogP contribution is 2.12. The Morgan fingerprint density at radius 3 is 2.29 bits per heavy atom. The molecule has 2 N–H and O–H groups in total. The smallest absolute Gasteiger partial charge is 0.319 e. The zero-order chi connectivity index (χ0) is 15.3. The fraction of sp³-hybridized carbons (Fsp3) is 0.588. The van der Waals surface area contributed by atoms with Gasteiger partial charge in [0.25, 0.3) is 0 Å². The minimum Gasteiger partial charge on any atom is -0.338 e. The van der Waals surface area contributed by atoms with E-state index in [1.807, 2.05) is 0 Å². The lowest BCUT2D eigenvalue weighted by molar-refractivity contribution is 0.251. The predicted octanol–water partition coefficient (Wildman–Crippen LogP) is 5.09. The molecular formula is C17H27FN2O. The van der Waals surface area contributed by atoms with Crippen molar-refractivity contribution in [2.45, 2.75) is 58.3 Å². The first-order valence-corrected chi connectivity index (χ1v) is 8.03. The Hall–Kier alpha value is -1.58. The maximum atomic E-state index is 13.3. The number of carbonyl (C=O) groups excluding carboxylic acids is 1. The molecule has 0 unspecified atom stereocenters. The van der Waals surface area contributed by atoms with Gasteiger partial charge in [-0.25, -0.2) is 9.18 Å². The molecule has 118 valence electrons. The van der Waals surface area contributed by atoms with Gasteiger partial charge in [-0.15, -0.1) is 0 Å². The van der Waals surface area contributed by atoms with Gasteiger partial charge in [0.2, 0.25) is 0 Å². The Bertz CT molecular complexity index is 410. The van der Waals surface area contributed by atoms with E-state index in [4.69, 9.17) is 0 Å². The van der Waals surface area contributed by atoms with E-state index >= 15 is 0 Å². The van der Waals surface area contributed by atoms with Crippen molar-refractivity contribution in [2.75, 3.05) is 11.9 Å². The lowest BCUT2D eigenvalue weighted by Gasteiger charge is -2.08. The molecule has 0 radical (unpaired) electrons. The van der Waals surface area contributed by atoms with E-state index in [2.05, 4.69) is 17.6 Å². The Balaban J connectivity index is 2.00. The number of anilines is 1. The quantitative estimate of drug-likeness (QED) is 0.580. The topological polar surface area (TPSA) is 41.1 Å². The van der Waals surface area contributed by atoms with Gasteiger partial charge in [0.05, 0.1) is 5.69 Å². The third-order valence-corrected chi connectivity index (χ3v) is 3.44. The molecule has 0 fully saturated rings. The van der Waals surface area contributed by atoms with Crippen LogP contribution in [0.4, 0.5) is 14.9 Å². The van der Waals surface area contributed by atoms with Gasteiger partial charge in [-0.3, -0.25) is 0 Å². The van der Waals surface area contributed by atoms with E-state index in [1.165, 1.54) is 44.6 Å². The standard InChI is InChI=1S/C17H27FN2O/c1-2-3-4-5-6-7-8-11-14-19-17(21)20-16-13-10-9-12-15(16)18/h9-10,12-13H,2-8,11,14H2,1H3,(H2,19,20,21). The van der Waals surface area contributed by atoms with E-state index in [-0.39, 0.29) is 11.7 Å². The van der Waals surface area contributed by atoms with E-state index in [1.54, 1.807) is 18.2 Å². The molecule has 0 saturated carbocycles. The minimum absolute atomic E-state index is 0.214. The van der Waals surface area contributed by atoms with Gasteiger partial charge < -0.3 is 10.6 Å². The summed E-state index contributed by atoms with van der Waals surface area (Å²) in [6, 6.07) is 5.82. The Morgan fingerprint density at radius 2 is 1.62 bits per heavy atom. The molecule has 2 amide bonds. The number of unbranched alkanes of at least 4 members (excludes halogenated alkanes) is 7. The number of para-hydroxylation sites is 1. The molecule has 0 aliphatic carbocycles. The highest BCUT2D eigenvalue weighted by molar-refractivity contribution is 5.89. The van der Waals surface area contributed by atoms with Gasteiger partial charge in [-0.05, 0) is 18.6 Å². The number of nitrogens with one attached hydrogen (secondary N) is 2. The molecular weight excluding hydrogens is 267 g/mol. The number of urea groups is 1. The van der Waals surface area contributed by atoms with Crippen LogP contribution in [0.1, 0.15) is 58.3 Å². The van der Waals surface area contributed by atoms with Gasteiger partial charge in [0.1, 0.15) is 5.82 Å². The lowest BCUT2D eigenvalue weighted by Crippen LogP contribution is -2.29. The normalized spacial score (nSPS) is 10.4. The highest BCUT2D eigenvalue weighted by Gasteiger charge is 2.04. The van der Waals surface area contributed by atoms with E-state index in [0.29, 0.717) is 6.54 Å². The molecule has 0 spiro atoms. The molecule has 0 bridgehead atoms. The minimum atomic E-state index is -0.417. The van der Waals surface area contributed by atoms with Crippen LogP contribution in [0, 0.1) is 5.82 Å². The van der Waals surface area contributed by atoms with Crippen molar-refractivity contribution in [1.82, 2.24) is 5.32 Å². The largest absolute Gasteiger partial charge is 0.338 e. The number of rotatable bonds is 10. The highest BCUT2D eigenvalue weighted by atomic mass is 19.1. The first-order chi connectivity index (χ1) is 10.2. The van der Waals surface area contributed by atoms with Crippen LogP contribution >= 0.6 is 0 Å². The molecule has 0 heterocycles. The molecule has 1 aromatic rings. The van der Waals surface area contributed by atoms with Crippen LogP contribution in [-0.4, -0.2) is 12.6 Å². The van der Waals surface area contributed by atoms with Crippen molar-refractivity contribution in [3.63, 3.8) is 0 Å². The second-order valence-corrected chi connectivity index (χ2v) is 5.34. The summed E-state index contributed by atoms with van der Waals surface area (Å²) in [6.07, 6.45) is 9.86. The summed E-state index contributed by atoms with van der Waals surface area (Å²) >= 11 is 0. The molecule has 0 aliphatic heterocycles. The average molecular weight is 294 g/mol. The van der Waals surface area contributed by atoms with Crippen molar-refractivity contribution in [3.05, 3.63) is 30.1 Å². The van der Waals surface area contributed by atoms with Crippen LogP contribution in [0.25, 0.3) is 0 Å². The molecule has 1 aromatic carbocycles. The van der Waals surface area contributed by atoms with Crippen LogP contribution in [0.3, 0.4) is 0 Å². The van der Waals surface area contributed by atoms with Crippen LogP contribution in [0.5, 0.6) is 0 Å². The maximum absolute atomic E-state index is 13.3. The van der Waals surface area contributed by atoms with Crippen molar-refractivity contribution < 1.29 is 9.18 Å². The van der Waals surface area contributed by atoms with Crippen LogP contribution < -0.4 is 10.6 Å². The zero-order valence-corrected chi connectivity index (χ0v) is 13.0. The average Bonchev–Trinajstić information content (AvgIpc) is 2.48. The number of benzene rings is 1. The zero-order valence-electron chi connectivity index (χ0n) is 13.0. The SMILES string of the molecule is CCCCCCCCCCNC(=O)Nc1ccccc1F. The fourth-order valence-electron chi connectivity index (χ4n) is 2.19. The summed E-state index contributed by atoms with van der Waals surface area (Å²) in [5.74, 6) is -0.417. The third kappa shape index (κ3) is 8.33. The van der Waals surface area contributed by atoms with Gasteiger partial charge >= 0.3 is 6.03 Å². The molecule has 0 aromatic heterocycles. The van der Waals surface area contributed by atoms with E-state index in [0.717, 1.165) is 12.8 Å². The summed E-state index contributed by atoms with van der Waals surface area (Å²) in [5.41, 5.74) is 0.214. The van der Waals surface area contributed by atoms with E-state index in [9.17, 15) is 9.18 Å². The summed E-state index contributed by atoms with van der Waals surface area (Å²) < 4.78 is 13.3. The van der Waals surface area contributed by atoms with Gasteiger partial charge in [0, 0.05) is 6.54 Å². The number of halogens is 1. The first kappa shape index (κ1) is 17.5. The summed E-state index contributed by atoms with van der Waals surface area (Å²) in [5, 5.41) is 5.26. The van der Waals surface area contributed by atoms with Crippen molar-refractivity contribution in [2.24, 2.45) is 0 Å². The molecule has 0 atom stereocenters. The van der Waals surface area contributed by atoms with Crippen molar-refractivity contribution >= 4 is 11.7 Å². The molecule has 0 aliphatic rings. The fourth-order valence-corrected chi connectivity index (χ4v) is 2.19. The molecule has 3 nitrogen and oxygen atoms in total. The summed E-state index contributed by atoms with van der Waals surface area (Å²) in [7, 11) is 0. The molecule has 0 saturated heterocycles. The molecule has 21 heavy (non-hydrogen) atoms. The number of hydrogen-bond acceptors (Lipinski definition) is 1. The van der Waals surface area contributed by atoms with Crippen LogP contribution in [0.15, 0.2) is 24.3 Å². The van der Waals surface area contributed by atoms with E-state index < -0.39 is 5.82 Å². The Kier molecular flexibility index (Phi) is 9.25. The lowest BCUT2D eigenvalue weighted by atomic mass is 10.1. The Labute approximate surface area is 127 Å². The van der Waals surface area contributed by atoms with Crippen LogP contribution in [0.2, 0.25) is 0 Å². The van der Waals surface area contributed by atoms with Gasteiger partial charge in [-0.2, -0.15) is 0 Å². The van der Waals surface area contributed by atoms with Crippen molar-refractivity contribution in [1.29, 1.82) is 0 Å². The molecule has 4 heteroatoms. The summed E-state index contributed by atoms with van der Waals surface area (Å²) in [6.45, 7) is 2.85. The second-order valence-electron chi connectivity index (χ2n) is 5.34. The second kappa shape index (κ2) is 11.1. The monoisotopic (exact) mass is 294 g/mol. The Morgan fingerprint density at radius 1 is 1.00 bits per heavy atom. The van der Waals surface area contributed by atoms with Gasteiger partial charge in [-0.1, -0.05) is 64.0 Å². The number of amides is 2.